The molecule has 29 heavy (non-hydrogen) atoms. The molecule has 0 saturated carbocycles. The largest absolute Gasteiger partial charge is 0.231 e. The highest BCUT2D eigenvalue weighted by atomic mass is 35.5. The van der Waals surface area contributed by atoms with Crippen molar-refractivity contribution >= 4 is 33.8 Å². The summed E-state index contributed by atoms with van der Waals surface area (Å²) in [6.07, 6.45) is 0.825. The van der Waals surface area contributed by atoms with E-state index >= 15 is 0 Å². The Morgan fingerprint density at radius 1 is 0.828 bits per heavy atom. The molecular formula is C24H18ClN3S. The van der Waals surface area contributed by atoms with Crippen molar-refractivity contribution in [1.82, 2.24) is 4.98 Å². The third kappa shape index (κ3) is 3.69. The number of nitrogens with zero attached hydrogens (tertiary/aromatic N) is 3. The lowest BCUT2D eigenvalue weighted by atomic mass is 9.99. The van der Waals surface area contributed by atoms with Gasteiger partial charge < -0.3 is 0 Å². The summed E-state index contributed by atoms with van der Waals surface area (Å²) in [6.45, 7) is 0. The fraction of sp³-hybridized carbons (Fsp3) is 0.0833. The van der Waals surface area contributed by atoms with E-state index in [1.165, 1.54) is 5.56 Å². The van der Waals surface area contributed by atoms with Crippen LogP contribution in [0, 0.1) is 0 Å². The summed E-state index contributed by atoms with van der Waals surface area (Å²) >= 11 is 7.74. The minimum atomic E-state index is 0.0947. The van der Waals surface area contributed by atoms with Gasteiger partial charge in [-0.05, 0) is 23.3 Å². The number of anilines is 1. The molecule has 0 bridgehead atoms. The predicted molar refractivity (Wildman–Crippen MR) is 122 cm³/mol. The number of thiazole rings is 1. The van der Waals surface area contributed by atoms with Gasteiger partial charge in [-0.15, -0.1) is 11.3 Å². The quantitative estimate of drug-likeness (QED) is 0.366. The zero-order valence-corrected chi connectivity index (χ0v) is 17.1. The van der Waals surface area contributed by atoms with Gasteiger partial charge in [0.25, 0.3) is 0 Å². The van der Waals surface area contributed by atoms with Crippen LogP contribution in [-0.4, -0.2) is 10.7 Å². The number of hydrogen-bond donors (Lipinski definition) is 0. The number of rotatable bonds is 4. The number of hydrazone groups is 1. The van der Waals surface area contributed by atoms with E-state index in [4.69, 9.17) is 21.7 Å². The molecule has 1 aromatic heterocycles. The second-order valence-electron chi connectivity index (χ2n) is 6.91. The Morgan fingerprint density at radius 2 is 1.48 bits per heavy atom. The Kier molecular flexibility index (Phi) is 4.88. The van der Waals surface area contributed by atoms with Gasteiger partial charge in [-0.1, -0.05) is 84.4 Å². The van der Waals surface area contributed by atoms with Gasteiger partial charge in [0.15, 0.2) is 0 Å². The van der Waals surface area contributed by atoms with E-state index in [1.807, 2.05) is 36.4 Å². The van der Waals surface area contributed by atoms with Crippen LogP contribution in [0.2, 0.25) is 5.02 Å². The average Bonchev–Trinajstić information content (AvgIpc) is 3.43. The van der Waals surface area contributed by atoms with Gasteiger partial charge in [-0.3, -0.25) is 0 Å². The molecule has 0 radical (unpaired) electrons. The maximum absolute atomic E-state index is 6.11. The van der Waals surface area contributed by atoms with Gasteiger partial charge >= 0.3 is 0 Å². The number of aromatic nitrogens is 1. The second-order valence-corrected chi connectivity index (χ2v) is 8.18. The molecule has 0 N–H and O–H groups in total. The Bertz CT molecular complexity index is 1140. The molecule has 3 nitrogen and oxygen atoms in total. The van der Waals surface area contributed by atoms with Gasteiger partial charge in [-0.25, -0.2) is 9.99 Å². The smallest absolute Gasteiger partial charge is 0.207 e. The third-order valence-electron chi connectivity index (χ3n) is 5.03. The van der Waals surface area contributed by atoms with Crippen molar-refractivity contribution in [2.75, 3.05) is 5.01 Å². The second kappa shape index (κ2) is 7.82. The molecule has 3 aromatic carbocycles. The number of benzene rings is 3. The maximum Gasteiger partial charge on any atom is 0.207 e. The molecule has 1 unspecified atom stereocenters. The first kappa shape index (κ1) is 18.1. The first-order valence-electron chi connectivity index (χ1n) is 9.46. The van der Waals surface area contributed by atoms with Crippen LogP contribution < -0.4 is 5.01 Å². The van der Waals surface area contributed by atoms with E-state index in [0.717, 1.165) is 39.1 Å². The van der Waals surface area contributed by atoms with Gasteiger partial charge in [0.2, 0.25) is 5.13 Å². The topological polar surface area (TPSA) is 28.5 Å². The molecule has 0 amide bonds. The van der Waals surface area contributed by atoms with Crippen molar-refractivity contribution < 1.29 is 0 Å². The van der Waals surface area contributed by atoms with Crippen LogP contribution in [0.25, 0.3) is 11.3 Å². The summed E-state index contributed by atoms with van der Waals surface area (Å²) in [5.41, 5.74) is 5.49. The van der Waals surface area contributed by atoms with Crippen LogP contribution >= 0.6 is 22.9 Å². The summed E-state index contributed by atoms with van der Waals surface area (Å²) in [6, 6.07) is 28.7. The Hall–Kier alpha value is -2.95. The zero-order valence-electron chi connectivity index (χ0n) is 15.6. The van der Waals surface area contributed by atoms with E-state index in [2.05, 4.69) is 58.9 Å². The normalized spacial score (nSPS) is 16.1. The highest BCUT2D eigenvalue weighted by Gasteiger charge is 2.31. The van der Waals surface area contributed by atoms with Crippen molar-refractivity contribution in [2.24, 2.45) is 5.10 Å². The molecular weight excluding hydrogens is 398 g/mol. The molecule has 0 spiro atoms. The standard InChI is InChI=1S/C24H18ClN3S/c25-20-13-11-19(12-14-20)23-15-21(17-7-3-1-4-8-17)27-28(23)24-26-22(16-29-24)18-9-5-2-6-10-18/h1-14,16,23H,15H2. The van der Waals surface area contributed by atoms with Crippen LogP contribution in [0.4, 0.5) is 5.13 Å². The summed E-state index contributed by atoms with van der Waals surface area (Å²) in [4.78, 5) is 4.90. The molecule has 1 aliphatic rings. The van der Waals surface area contributed by atoms with Crippen LogP contribution in [0.1, 0.15) is 23.6 Å². The first-order chi connectivity index (χ1) is 14.3. The van der Waals surface area contributed by atoms with Gasteiger partial charge in [0.1, 0.15) is 0 Å². The molecule has 1 aliphatic heterocycles. The zero-order chi connectivity index (χ0) is 19.6. The molecule has 0 saturated heterocycles. The van der Waals surface area contributed by atoms with E-state index in [-0.39, 0.29) is 6.04 Å². The maximum atomic E-state index is 6.11. The van der Waals surface area contributed by atoms with E-state index in [0.29, 0.717) is 0 Å². The number of hydrogen-bond acceptors (Lipinski definition) is 4. The van der Waals surface area contributed by atoms with Crippen molar-refractivity contribution in [3.8, 4) is 11.3 Å². The van der Waals surface area contributed by atoms with Crippen LogP contribution in [-0.2, 0) is 0 Å². The van der Waals surface area contributed by atoms with Crippen molar-refractivity contribution in [2.45, 2.75) is 12.5 Å². The average molecular weight is 416 g/mol. The lowest BCUT2D eigenvalue weighted by Gasteiger charge is -2.21. The molecule has 0 fully saturated rings. The first-order valence-corrected chi connectivity index (χ1v) is 10.7. The highest BCUT2D eigenvalue weighted by Crippen LogP contribution is 2.39. The Morgan fingerprint density at radius 3 is 2.17 bits per heavy atom. The lowest BCUT2D eigenvalue weighted by Crippen LogP contribution is -2.18. The fourth-order valence-corrected chi connectivity index (χ4v) is 4.51. The molecule has 4 aromatic rings. The lowest BCUT2D eigenvalue weighted by molar-refractivity contribution is 0.706. The summed E-state index contributed by atoms with van der Waals surface area (Å²) in [5.74, 6) is 0. The summed E-state index contributed by atoms with van der Waals surface area (Å²) in [7, 11) is 0. The van der Waals surface area contributed by atoms with Gasteiger partial charge in [0, 0.05) is 22.4 Å². The molecule has 5 heteroatoms. The Labute approximate surface area is 178 Å². The van der Waals surface area contributed by atoms with Crippen LogP contribution in [0.5, 0.6) is 0 Å². The van der Waals surface area contributed by atoms with E-state index in [9.17, 15) is 0 Å². The van der Waals surface area contributed by atoms with E-state index < -0.39 is 0 Å². The fourth-order valence-electron chi connectivity index (χ4n) is 3.55. The van der Waals surface area contributed by atoms with Crippen molar-refractivity contribution in [3.63, 3.8) is 0 Å². The molecule has 5 rings (SSSR count). The van der Waals surface area contributed by atoms with Crippen LogP contribution in [0.3, 0.4) is 0 Å². The van der Waals surface area contributed by atoms with Crippen LogP contribution in [0.15, 0.2) is 95.4 Å². The third-order valence-corrected chi connectivity index (χ3v) is 6.11. The SMILES string of the molecule is Clc1ccc(C2CC(c3ccccc3)=NN2c2nc(-c3ccccc3)cs2)cc1. The molecule has 0 aliphatic carbocycles. The highest BCUT2D eigenvalue weighted by molar-refractivity contribution is 7.14. The van der Waals surface area contributed by atoms with Gasteiger partial charge in [-0.2, -0.15) is 5.10 Å². The summed E-state index contributed by atoms with van der Waals surface area (Å²) < 4.78 is 0. The number of halogens is 1. The van der Waals surface area contributed by atoms with Gasteiger partial charge in [0.05, 0.1) is 17.4 Å². The molecule has 1 atom stereocenters. The summed E-state index contributed by atoms with van der Waals surface area (Å²) in [5, 5.41) is 10.8. The monoisotopic (exact) mass is 415 g/mol. The van der Waals surface area contributed by atoms with Crippen molar-refractivity contribution in [1.29, 1.82) is 0 Å². The minimum Gasteiger partial charge on any atom is -0.231 e. The minimum absolute atomic E-state index is 0.0947. The molecule has 142 valence electrons. The Balaban J connectivity index is 1.54. The van der Waals surface area contributed by atoms with E-state index in [1.54, 1.807) is 11.3 Å². The molecule has 2 heterocycles. The predicted octanol–water partition coefficient (Wildman–Crippen LogP) is 6.82. The van der Waals surface area contributed by atoms with Crippen molar-refractivity contribution in [3.05, 3.63) is 106 Å².